The van der Waals surface area contributed by atoms with Gasteiger partial charge >= 0.3 is 0 Å². The summed E-state index contributed by atoms with van der Waals surface area (Å²) in [7, 11) is 0. The minimum Gasteiger partial charge on any atom is -0.309 e. The predicted octanol–water partition coefficient (Wildman–Crippen LogP) is 15.6. The Labute approximate surface area is 312 Å². The van der Waals surface area contributed by atoms with E-state index in [9.17, 15) is 0 Å². The quantitative estimate of drug-likeness (QED) is 0.171. The van der Waals surface area contributed by atoms with Crippen LogP contribution in [-0.4, -0.2) is 0 Å². The predicted molar refractivity (Wildman–Crippen MR) is 231 cm³/mol. The molecule has 3 aromatic heterocycles. The van der Waals surface area contributed by atoms with E-state index in [1.807, 2.05) is 34.0 Å². The van der Waals surface area contributed by atoms with Crippen LogP contribution in [0.3, 0.4) is 0 Å². The summed E-state index contributed by atoms with van der Waals surface area (Å²) in [5, 5.41) is 7.86. The third-order valence-corrected chi connectivity index (χ3v) is 13.9. The van der Waals surface area contributed by atoms with Gasteiger partial charge in [-0.05, 0) is 76.9 Å². The molecule has 4 heteroatoms. The van der Waals surface area contributed by atoms with Crippen molar-refractivity contribution in [2.24, 2.45) is 0 Å². The molecule has 0 saturated carbocycles. The molecule has 0 aliphatic rings. The first-order valence-electron chi connectivity index (χ1n) is 17.5. The van der Waals surface area contributed by atoms with E-state index in [4.69, 9.17) is 0 Å². The molecular formula is C48H29NS3. The van der Waals surface area contributed by atoms with E-state index in [2.05, 4.69) is 181 Å². The SMILES string of the molecule is c1ccc(-c2cccc3c2sc2c(N(c4ccc(-c5cccc6sc7ccccc7c56)cc4)c4ccc5sc6ccccc6c5c4)cccc23)cc1. The third-order valence-electron chi connectivity index (χ3n) is 10.3. The highest BCUT2D eigenvalue weighted by atomic mass is 32.1. The number of benzene rings is 8. The highest BCUT2D eigenvalue weighted by Gasteiger charge is 2.21. The molecule has 0 saturated heterocycles. The summed E-state index contributed by atoms with van der Waals surface area (Å²) in [5.74, 6) is 0. The fourth-order valence-corrected chi connectivity index (χ4v) is 11.5. The topological polar surface area (TPSA) is 3.24 Å². The number of thiophene rings is 3. The molecule has 3 heterocycles. The van der Waals surface area contributed by atoms with Crippen molar-refractivity contribution in [3.63, 3.8) is 0 Å². The van der Waals surface area contributed by atoms with Crippen LogP contribution in [0.25, 0.3) is 82.8 Å². The van der Waals surface area contributed by atoms with Gasteiger partial charge in [0.25, 0.3) is 0 Å². The first-order chi connectivity index (χ1) is 25.8. The van der Waals surface area contributed by atoms with Gasteiger partial charge in [0.15, 0.2) is 0 Å². The standard InChI is InChI=1S/C48H29NS3/c1-2-11-30(12-3-1)35-16-8-17-37-38-18-9-19-41(48(38)52-47(35)37)49(33-27-28-44-40(29-33)36-13-4-6-20-42(36)50-44)32-25-23-31(24-26-32)34-15-10-22-45-46(34)39-14-5-7-21-43(39)51-45/h1-29H. The lowest BCUT2D eigenvalue weighted by Crippen LogP contribution is -2.10. The van der Waals surface area contributed by atoms with Crippen LogP contribution in [0.15, 0.2) is 176 Å². The molecule has 0 aliphatic heterocycles. The maximum absolute atomic E-state index is 2.47. The van der Waals surface area contributed by atoms with Crippen LogP contribution in [-0.2, 0) is 0 Å². The summed E-state index contributed by atoms with van der Waals surface area (Å²) < 4.78 is 7.89. The Kier molecular flexibility index (Phi) is 6.84. The zero-order chi connectivity index (χ0) is 34.2. The van der Waals surface area contributed by atoms with Crippen molar-refractivity contribution in [3.8, 4) is 22.3 Å². The van der Waals surface area contributed by atoms with Gasteiger partial charge < -0.3 is 4.90 Å². The van der Waals surface area contributed by atoms with E-state index >= 15 is 0 Å². The minimum atomic E-state index is 1.14. The molecule has 0 fully saturated rings. The van der Waals surface area contributed by atoms with Crippen molar-refractivity contribution in [1.29, 1.82) is 0 Å². The Morgan fingerprint density at radius 3 is 1.75 bits per heavy atom. The van der Waals surface area contributed by atoms with Crippen LogP contribution < -0.4 is 4.90 Å². The lowest BCUT2D eigenvalue weighted by atomic mass is 9.99. The van der Waals surface area contributed by atoms with Gasteiger partial charge in [-0.25, -0.2) is 0 Å². The first-order valence-corrected chi connectivity index (χ1v) is 20.0. The van der Waals surface area contributed by atoms with Gasteiger partial charge in [-0.1, -0.05) is 121 Å². The molecule has 0 unspecified atom stereocenters. The monoisotopic (exact) mass is 715 g/mol. The average molecular weight is 716 g/mol. The summed E-state index contributed by atoms with van der Waals surface area (Å²) in [6.07, 6.45) is 0. The van der Waals surface area contributed by atoms with Gasteiger partial charge in [0.1, 0.15) is 0 Å². The largest absolute Gasteiger partial charge is 0.309 e. The molecule has 0 spiro atoms. The second kappa shape index (κ2) is 11.9. The number of hydrogen-bond donors (Lipinski definition) is 0. The Balaban J connectivity index is 1.13. The highest BCUT2D eigenvalue weighted by molar-refractivity contribution is 7.27. The van der Waals surface area contributed by atoms with Gasteiger partial charge in [-0.3, -0.25) is 0 Å². The normalized spacial score (nSPS) is 11.8. The number of anilines is 3. The molecule has 0 atom stereocenters. The Hall–Kier alpha value is -5.78. The van der Waals surface area contributed by atoms with E-state index in [1.54, 1.807) is 0 Å². The molecule has 8 aromatic carbocycles. The molecular weight excluding hydrogens is 687 g/mol. The maximum Gasteiger partial charge on any atom is 0.0640 e. The van der Waals surface area contributed by atoms with Crippen LogP contribution in [0.2, 0.25) is 0 Å². The van der Waals surface area contributed by atoms with E-state index in [-0.39, 0.29) is 0 Å². The summed E-state index contributed by atoms with van der Waals surface area (Å²) in [6, 6.07) is 64.8. The molecule has 244 valence electrons. The second-order valence-electron chi connectivity index (χ2n) is 13.2. The lowest BCUT2D eigenvalue weighted by Gasteiger charge is -2.26. The molecule has 0 aliphatic carbocycles. The van der Waals surface area contributed by atoms with Crippen LogP contribution in [0.1, 0.15) is 0 Å². The number of nitrogens with zero attached hydrogens (tertiary/aromatic N) is 1. The van der Waals surface area contributed by atoms with Crippen molar-refractivity contribution in [2.75, 3.05) is 4.90 Å². The van der Waals surface area contributed by atoms with Crippen molar-refractivity contribution < 1.29 is 0 Å². The second-order valence-corrected chi connectivity index (χ2v) is 16.4. The molecule has 11 aromatic rings. The summed E-state index contributed by atoms with van der Waals surface area (Å²) in [5.41, 5.74) is 8.51. The smallest absolute Gasteiger partial charge is 0.0640 e. The molecule has 0 N–H and O–H groups in total. The molecule has 11 rings (SSSR count). The zero-order valence-corrected chi connectivity index (χ0v) is 30.4. The number of hydrogen-bond acceptors (Lipinski definition) is 4. The molecule has 0 amide bonds. The lowest BCUT2D eigenvalue weighted by molar-refractivity contribution is 1.31. The summed E-state index contributed by atoms with van der Waals surface area (Å²) in [4.78, 5) is 2.47. The first kappa shape index (κ1) is 29.9. The Morgan fingerprint density at radius 2 is 0.904 bits per heavy atom. The van der Waals surface area contributed by atoms with E-state index in [0.29, 0.717) is 0 Å². The molecule has 1 nitrogen and oxygen atoms in total. The average Bonchev–Trinajstić information content (AvgIpc) is 3.90. The van der Waals surface area contributed by atoms with E-state index in [0.717, 1.165) is 11.4 Å². The molecule has 0 bridgehead atoms. The third kappa shape index (κ3) is 4.65. The van der Waals surface area contributed by atoms with Crippen LogP contribution >= 0.6 is 34.0 Å². The van der Waals surface area contributed by atoms with Gasteiger partial charge in [0, 0.05) is 67.2 Å². The number of rotatable bonds is 5. The fourth-order valence-electron chi connectivity index (χ4n) is 7.91. The van der Waals surface area contributed by atoms with Gasteiger partial charge in [0.05, 0.1) is 10.4 Å². The zero-order valence-electron chi connectivity index (χ0n) is 27.9. The molecule has 52 heavy (non-hydrogen) atoms. The highest BCUT2D eigenvalue weighted by Crippen LogP contribution is 2.48. The van der Waals surface area contributed by atoms with Crippen molar-refractivity contribution in [2.45, 2.75) is 0 Å². The maximum atomic E-state index is 2.47. The summed E-state index contributed by atoms with van der Waals surface area (Å²) >= 11 is 5.64. The minimum absolute atomic E-state index is 1.14. The van der Waals surface area contributed by atoms with Crippen molar-refractivity contribution in [1.82, 2.24) is 0 Å². The van der Waals surface area contributed by atoms with E-state index < -0.39 is 0 Å². The van der Waals surface area contributed by atoms with Gasteiger partial charge in [-0.2, -0.15) is 0 Å². The van der Waals surface area contributed by atoms with Crippen LogP contribution in [0, 0.1) is 0 Å². The van der Waals surface area contributed by atoms with Gasteiger partial charge in [0.2, 0.25) is 0 Å². The van der Waals surface area contributed by atoms with E-state index in [1.165, 1.54) is 88.5 Å². The van der Waals surface area contributed by atoms with Crippen LogP contribution in [0.4, 0.5) is 17.1 Å². The Bertz CT molecular complexity index is 3130. The van der Waals surface area contributed by atoms with Gasteiger partial charge in [-0.15, -0.1) is 34.0 Å². The Morgan fingerprint density at radius 1 is 0.327 bits per heavy atom. The van der Waals surface area contributed by atoms with Crippen LogP contribution in [0.5, 0.6) is 0 Å². The molecule has 0 radical (unpaired) electrons. The summed E-state index contributed by atoms with van der Waals surface area (Å²) in [6.45, 7) is 0. The van der Waals surface area contributed by atoms with Crippen molar-refractivity contribution in [3.05, 3.63) is 176 Å². The fraction of sp³-hybridized carbons (Fsp3) is 0. The number of fused-ring (bicyclic) bond motifs is 9. The van der Waals surface area contributed by atoms with Crippen molar-refractivity contribution >= 4 is 112 Å².